The summed E-state index contributed by atoms with van der Waals surface area (Å²) in [6.07, 6.45) is -0.677. The summed E-state index contributed by atoms with van der Waals surface area (Å²) in [6.45, 7) is 8.45. The van der Waals surface area contributed by atoms with Crippen molar-refractivity contribution in [1.82, 2.24) is 9.80 Å². The van der Waals surface area contributed by atoms with E-state index in [0.29, 0.717) is 24.4 Å². The topological polar surface area (TPSA) is 62.3 Å². The van der Waals surface area contributed by atoms with Gasteiger partial charge in [-0.2, -0.15) is 0 Å². The highest BCUT2D eigenvalue weighted by Gasteiger charge is 2.33. The lowest BCUT2D eigenvalue weighted by Crippen LogP contribution is -2.47. The molecule has 0 saturated carbocycles. The molecule has 1 aliphatic rings. The molecule has 2 rings (SSSR count). The van der Waals surface area contributed by atoms with Gasteiger partial charge < -0.3 is 24.2 Å². The van der Waals surface area contributed by atoms with Gasteiger partial charge in [0.2, 0.25) is 0 Å². The summed E-state index contributed by atoms with van der Waals surface area (Å²) in [7, 11) is 7.33. The van der Waals surface area contributed by atoms with Gasteiger partial charge in [-0.05, 0) is 32.9 Å². The van der Waals surface area contributed by atoms with E-state index >= 15 is 0 Å². The van der Waals surface area contributed by atoms with Crippen LogP contribution in [0.5, 0.6) is 5.75 Å². The maximum absolute atomic E-state index is 12.8. The lowest BCUT2D eigenvalue weighted by molar-refractivity contribution is 0.0151. The average Bonchev–Trinajstić information content (AvgIpc) is 2.57. The molecule has 0 fully saturated rings. The number of nitrogens with zero attached hydrogens (tertiary/aromatic N) is 3. The van der Waals surface area contributed by atoms with Crippen LogP contribution in [-0.2, 0) is 4.74 Å². The fourth-order valence-electron chi connectivity index (χ4n) is 3.18. The van der Waals surface area contributed by atoms with Gasteiger partial charge >= 0.3 is 6.09 Å². The average molecular weight is 392 g/mol. The predicted molar refractivity (Wildman–Crippen MR) is 110 cm³/mol. The third-order valence-electron chi connectivity index (χ3n) is 4.68. The number of amides is 2. The summed E-state index contributed by atoms with van der Waals surface area (Å²) >= 11 is 0. The molecule has 1 aliphatic heterocycles. The summed E-state index contributed by atoms with van der Waals surface area (Å²) in [6, 6.07) is 5.56. The molecule has 0 saturated heterocycles. The van der Waals surface area contributed by atoms with Gasteiger partial charge in [-0.15, -0.1) is 0 Å². The van der Waals surface area contributed by atoms with Crippen molar-refractivity contribution in [2.75, 3.05) is 46.2 Å². The van der Waals surface area contributed by atoms with Crippen LogP contribution >= 0.6 is 0 Å². The molecular weight excluding hydrogens is 358 g/mol. The summed E-state index contributed by atoms with van der Waals surface area (Å²) in [5.74, 6) is 0.519. The van der Waals surface area contributed by atoms with Crippen molar-refractivity contribution in [3.63, 3.8) is 0 Å². The van der Waals surface area contributed by atoms with Gasteiger partial charge in [-0.1, -0.05) is 13.0 Å². The van der Waals surface area contributed by atoms with E-state index in [4.69, 9.17) is 9.47 Å². The molecule has 0 bridgehead atoms. The van der Waals surface area contributed by atoms with Crippen LogP contribution in [0, 0.1) is 5.92 Å². The van der Waals surface area contributed by atoms with Crippen molar-refractivity contribution in [2.24, 2.45) is 5.92 Å². The van der Waals surface area contributed by atoms with Crippen molar-refractivity contribution in [1.29, 1.82) is 0 Å². The Morgan fingerprint density at radius 3 is 2.50 bits per heavy atom. The van der Waals surface area contributed by atoms with Crippen LogP contribution in [0.25, 0.3) is 0 Å². The second kappa shape index (κ2) is 8.29. The van der Waals surface area contributed by atoms with Gasteiger partial charge in [-0.3, -0.25) is 4.79 Å². The number of rotatable bonds is 3. The second-order valence-corrected chi connectivity index (χ2v) is 8.73. The molecule has 2 atom stereocenters. The molecule has 28 heavy (non-hydrogen) atoms. The van der Waals surface area contributed by atoms with E-state index in [2.05, 4.69) is 0 Å². The monoisotopic (exact) mass is 391 g/mol. The van der Waals surface area contributed by atoms with Crippen molar-refractivity contribution >= 4 is 17.7 Å². The predicted octanol–water partition coefficient (Wildman–Crippen LogP) is 3.09. The van der Waals surface area contributed by atoms with Crippen LogP contribution in [-0.4, -0.2) is 74.8 Å². The molecule has 0 unspecified atom stereocenters. The van der Waals surface area contributed by atoms with Crippen molar-refractivity contribution < 1.29 is 19.1 Å². The molecule has 156 valence electrons. The Morgan fingerprint density at radius 2 is 1.93 bits per heavy atom. The maximum Gasteiger partial charge on any atom is 0.410 e. The molecule has 0 radical (unpaired) electrons. The fraction of sp³-hybridized carbons (Fsp3) is 0.619. The van der Waals surface area contributed by atoms with E-state index in [1.807, 2.05) is 58.8 Å². The fourth-order valence-corrected chi connectivity index (χ4v) is 3.18. The van der Waals surface area contributed by atoms with Crippen molar-refractivity contribution in [3.05, 3.63) is 23.8 Å². The van der Waals surface area contributed by atoms with Crippen LogP contribution < -0.4 is 9.64 Å². The maximum atomic E-state index is 12.8. The van der Waals surface area contributed by atoms with Crippen LogP contribution in [0.2, 0.25) is 0 Å². The Bertz CT molecular complexity index is 727. The van der Waals surface area contributed by atoms with Gasteiger partial charge in [0.05, 0.1) is 17.8 Å². The van der Waals surface area contributed by atoms with Crippen molar-refractivity contribution in [2.45, 2.75) is 39.4 Å². The zero-order valence-corrected chi connectivity index (χ0v) is 18.3. The van der Waals surface area contributed by atoms with E-state index in [0.717, 1.165) is 5.69 Å². The van der Waals surface area contributed by atoms with Gasteiger partial charge in [0.25, 0.3) is 5.91 Å². The van der Waals surface area contributed by atoms with Crippen LogP contribution in [0.1, 0.15) is 38.1 Å². The van der Waals surface area contributed by atoms with Gasteiger partial charge in [0, 0.05) is 40.7 Å². The highest BCUT2D eigenvalue weighted by Crippen LogP contribution is 2.35. The number of benzene rings is 1. The minimum atomic E-state index is -0.559. The van der Waals surface area contributed by atoms with Crippen molar-refractivity contribution in [3.8, 4) is 5.75 Å². The number of likely N-dealkylation sites (N-methyl/N-ethyl adjacent to an activating group) is 1. The molecule has 0 aliphatic carbocycles. The number of carbonyl (C=O) groups is 2. The molecule has 1 aromatic carbocycles. The van der Waals surface area contributed by atoms with E-state index < -0.39 is 11.7 Å². The molecule has 0 aromatic heterocycles. The van der Waals surface area contributed by atoms with E-state index in [1.54, 1.807) is 25.1 Å². The molecule has 0 spiro atoms. The third-order valence-corrected chi connectivity index (χ3v) is 4.68. The molecular formula is C21H33N3O4. The first-order chi connectivity index (χ1) is 12.9. The Kier molecular flexibility index (Phi) is 6.47. The molecule has 7 heteroatoms. The van der Waals surface area contributed by atoms with Gasteiger partial charge in [-0.25, -0.2) is 4.79 Å². The first-order valence-electron chi connectivity index (χ1n) is 9.57. The van der Waals surface area contributed by atoms with Crippen LogP contribution in [0.4, 0.5) is 10.5 Å². The highest BCUT2D eigenvalue weighted by atomic mass is 16.6. The minimum absolute atomic E-state index is 0.0298. The van der Waals surface area contributed by atoms with E-state index in [-0.39, 0.29) is 17.9 Å². The summed E-state index contributed by atoms with van der Waals surface area (Å²) < 4.78 is 11.8. The first kappa shape index (κ1) is 21.9. The van der Waals surface area contributed by atoms with Gasteiger partial charge in [0.15, 0.2) is 5.75 Å². The summed E-state index contributed by atoms with van der Waals surface area (Å²) in [5.41, 5.74) is 0.805. The van der Waals surface area contributed by atoms with Crippen LogP contribution in [0.15, 0.2) is 18.2 Å². The molecule has 0 N–H and O–H groups in total. The number of hydrogen-bond donors (Lipinski definition) is 0. The third kappa shape index (κ3) is 5.09. The number of fused-ring (bicyclic) bond motifs is 1. The first-order valence-corrected chi connectivity index (χ1v) is 9.57. The highest BCUT2D eigenvalue weighted by molar-refractivity contribution is 5.99. The lowest BCUT2D eigenvalue weighted by atomic mass is 10.0. The van der Waals surface area contributed by atoms with Crippen LogP contribution in [0.3, 0.4) is 0 Å². The standard InChI is InChI=1S/C21H33N3O4/c1-14-12-23(7)19(25)15-10-9-11-16(22(5)6)18(15)27-17(14)13-24(8)20(26)28-21(2,3)4/h9-11,14,17H,12-13H2,1-8H3/t14-,17+/m1/s1. The number of para-hydroxylation sites is 1. The largest absolute Gasteiger partial charge is 0.485 e. The smallest absolute Gasteiger partial charge is 0.410 e. The molecule has 1 aromatic rings. The zero-order valence-electron chi connectivity index (χ0n) is 18.3. The van der Waals surface area contributed by atoms with E-state index in [1.165, 1.54) is 4.90 Å². The number of ether oxygens (including phenoxy) is 2. The number of carbonyl (C=O) groups excluding carboxylic acids is 2. The number of anilines is 1. The molecule has 1 heterocycles. The Hall–Kier alpha value is -2.44. The lowest BCUT2D eigenvalue weighted by Gasteiger charge is -2.36. The Labute approximate surface area is 168 Å². The zero-order chi connectivity index (χ0) is 21.2. The Morgan fingerprint density at radius 1 is 1.29 bits per heavy atom. The minimum Gasteiger partial charge on any atom is -0.485 e. The molecule has 7 nitrogen and oxygen atoms in total. The Balaban J connectivity index is 2.35. The quantitative estimate of drug-likeness (QED) is 0.792. The molecule has 2 amide bonds. The summed E-state index contributed by atoms with van der Waals surface area (Å²) in [4.78, 5) is 30.4. The number of hydrogen-bond acceptors (Lipinski definition) is 5. The normalized spacial score (nSPS) is 19.9. The SMILES string of the molecule is C[C@@H]1CN(C)C(=O)c2cccc(N(C)C)c2O[C@H]1CN(C)C(=O)OC(C)(C)C. The van der Waals surface area contributed by atoms with E-state index in [9.17, 15) is 9.59 Å². The summed E-state index contributed by atoms with van der Waals surface area (Å²) in [5, 5.41) is 0. The van der Waals surface area contributed by atoms with Gasteiger partial charge in [0.1, 0.15) is 11.7 Å². The second-order valence-electron chi connectivity index (χ2n) is 8.73.